The van der Waals surface area contributed by atoms with E-state index in [1.165, 1.54) is 18.5 Å². The first-order chi connectivity index (χ1) is 9.31. The van der Waals surface area contributed by atoms with Gasteiger partial charge in [0.25, 0.3) is 0 Å². The molecule has 2 aromatic heterocycles. The van der Waals surface area contributed by atoms with Crippen molar-refractivity contribution in [2.24, 2.45) is 7.05 Å². The molecule has 2 aromatic rings. The predicted octanol–water partition coefficient (Wildman–Crippen LogP) is 0.286. The second kappa shape index (κ2) is 5.48. The summed E-state index contributed by atoms with van der Waals surface area (Å²) in [5.74, 6) is 0.559. The van der Waals surface area contributed by atoms with Crippen molar-refractivity contribution < 1.29 is 0 Å². The van der Waals surface area contributed by atoms with Crippen LogP contribution in [0.4, 0.5) is 0 Å². The number of piperidine rings is 1. The number of aromatic nitrogens is 6. The van der Waals surface area contributed by atoms with Crippen LogP contribution in [0, 0.1) is 0 Å². The summed E-state index contributed by atoms with van der Waals surface area (Å²) in [7, 11) is 1.97. The van der Waals surface area contributed by atoms with Gasteiger partial charge in [-0.1, -0.05) is 0 Å². The van der Waals surface area contributed by atoms with E-state index < -0.39 is 0 Å². The third kappa shape index (κ3) is 2.98. The van der Waals surface area contributed by atoms with E-state index in [0.717, 1.165) is 26.2 Å². The average Bonchev–Trinajstić information content (AvgIpc) is 3.08. The third-order valence-electron chi connectivity index (χ3n) is 3.69. The molecule has 1 aliphatic heterocycles. The van der Waals surface area contributed by atoms with Gasteiger partial charge in [0.15, 0.2) is 0 Å². The highest BCUT2D eigenvalue weighted by molar-refractivity contribution is 5.08. The maximum atomic E-state index is 4.53. The summed E-state index contributed by atoms with van der Waals surface area (Å²) >= 11 is 0. The summed E-state index contributed by atoms with van der Waals surface area (Å²) < 4.78 is 3.67. The van der Waals surface area contributed by atoms with E-state index in [1.54, 1.807) is 11.0 Å². The Hall–Kier alpha value is -1.76. The number of tetrazole rings is 1. The predicted molar refractivity (Wildman–Crippen MR) is 69.4 cm³/mol. The minimum Gasteiger partial charge on any atom is -0.301 e. The topological polar surface area (TPSA) is 64.7 Å². The molecule has 0 bridgehead atoms. The smallest absolute Gasteiger partial charge is 0.138 e. The van der Waals surface area contributed by atoms with E-state index in [9.17, 15) is 0 Å². The van der Waals surface area contributed by atoms with Gasteiger partial charge in [-0.3, -0.25) is 4.68 Å². The molecule has 0 N–H and O–H groups in total. The molecule has 0 aliphatic carbocycles. The standard InChI is InChI=1S/C12H19N7/c1-17-6-4-12(14-17)11-3-2-5-18(9-11)7-8-19-10-13-15-16-19/h4,6,10-11H,2-3,5,7-9H2,1H3. The van der Waals surface area contributed by atoms with Gasteiger partial charge in [0.2, 0.25) is 0 Å². The van der Waals surface area contributed by atoms with Crippen LogP contribution in [0.25, 0.3) is 0 Å². The van der Waals surface area contributed by atoms with Crippen molar-refractivity contribution in [2.75, 3.05) is 19.6 Å². The zero-order valence-electron chi connectivity index (χ0n) is 11.2. The number of likely N-dealkylation sites (tertiary alicyclic amines) is 1. The Kier molecular flexibility index (Phi) is 3.54. The molecule has 7 heteroatoms. The first-order valence-corrected chi connectivity index (χ1v) is 6.74. The number of rotatable bonds is 4. The summed E-state index contributed by atoms with van der Waals surface area (Å²) in [4.78, 5) is 2.48. The van der Waals surface area contributed by atoms with E-state index in [-0.39, 0.29) is 0 Å². The molecule has 0 amide bonds. The van der Waals surface area contributed by atoms with E-state index in [1.807, 2.05) is 17.9 Å². The SMILES string of the molecule is Cn1ccc(C2CCCN(CCn3cnnn3)C2)n1. The fourth-order valence-electron chi connectivity index (χ4n) is 2.68. The molecule has 19 heavy (non-hydrogen) atoms. The van der Waals surface area contributed by atoms with Crippen LogP contribution in [0.3, 0.4) is 0 Å². The van der Waals surface area contributed by atoms with Crippen LogP contribution in [0.5, 0.6) is 0 Å². The molecule has 3 rings (SSSR count). The first-order valence-electron chi connectivity index (χ1n) is 6.74. The van der Waals surface area contributed by atoms with Crippen molar-refractivity contribution in [2.45, 2.75) is 25.3 Å². The van der Waals surface area contributed by atoms with Crippen LogP contribution in [0.2, 0.25) is 0 Å². The highest BCUT2D eigenvalue weighted by atomic mass is 15.5. The lowest BCUT2D eigenvalue weighted by Crippen LogP contribution is -2.36. The van der Waals surface area contributed by atoms with Gasteiger partial charge in [-0.05, 0) is 35.9 Å². The van der Waals surface area contributed by atoms with Crippen molar-refractivity contribution in [1.82, 2.24) is 34.9 Å². The first kappa shape index (κ1) is 12.3. The number of hydrogen-bond donors (Lipinski definition) is 0. The Morgan fingerprint density at radius 1 is 1.37 bits per heavy atom. The summed E-state index contributed by atoms with van der Waals surface area (Å²) in [6.45, 7) is 4.08. The zero-order valence-corrected chi connectivity index (χ0v) is 11.2. The fourth-order valence-corrected chi connectivity index (χ4v) is 2.68. The molecule has 3 heterocycles. The van der Waals surface area contributed by atoms with Crippen LogP contribution >= 0.6 is 0 Å². The molecule has 1 atom stereocenters. The number of hydrogen-bond acceptors (Lipinski definition) is 5. The molecule has 7 nitrogen and oxygen atoms in total. The van der Waals surface area contributed by atoms with Crippen molar-refractivity contribution >= 4 is 0 Å². The second-order valence-corrected chi connectivity index (χ2v) is 5.13. The Balaban J connectivity index is 1.56. The molecule has 0 spiro atoms. The molecular formula is C12H19N7. The van der Waals surface area contributed by atoms with Crippen LogP contribution in [-0.2, 0) is 13.6 Å². The average molecular weight is 261 g/mol. The van der Waals surface area contributed by atoms with Gasteiger partial charge in [0.1, 0.15) is 6.33 Å². The van der Waals surface area contributed by atoms with E-state index in [2.05, 4.69) is 31.6 Å². The maximum Gasteiger partial charge on any atom is 0.138 e. The quantitative estimate of drug-likeness (QED) is 0.791. The Labute approximate surface area is 112 Å². The Morgan fingerprint density at radius 2 is 2.32 bits per heavy atom. The summed E-state index contributed by atoms with van der Waals surface area (Å²) in [5.41, 5.74) is 1.22. The van der Waals surface area contributed by atoms with Gasteiger partial charge in [-0.2, -0.15) is 5.10 Å². The lowest BCUT2D eigenvalue weighted by Gasteiger charge is -2.31. The maximum absolute atomic E-state index is 4.53. The number of aryl methyl sites for hydroxylation is 1. The molecule has 1 unspecified atom stereocenters. The lowest BCUT2D eigenvalue weighted by molar-refractivity contribution is 0.196. The van der Waals surface area contributed by atoms with Crippen LogP contribution in [0.1, 0.15) is 24.5 Å². The largest absolute Gasteiger partial charge is 0.301 e. The second-order valence-electron chi connectivity index (χ2n) is 5.13. The van der Waals surface area contributed by atoms with E-state index in [0.29, 0.717) is 5.92 Å². The van der Waals surface area contributed by atoms with Crippen LogP contribution in [0.15, 0.2) is 18.6 Å². The van der Waals surface area contributed by atoms with Gasteiger partial charge >= 0.3 is 0 Å². The lowest BCUT2D eigenvalue weighted by atomic mass is 9.95. The van der Waals surface area contributed by atoms with Crippen molar-refractivity contribution in [3.63, 3.8) is 0 Å². The van der Waals surface area contributed by atoms with Gasteiger partial charge in [-0.25, -0.2) is 4.68 Å². The molecule has 1 fully saturated rings. The molecule has 0 radical (unpaired) electrons. The summed E-state index contributed by atoms with van der Waals surface area (Å²) in [6, 6.07) is 2.13. The molecule has 0 saturated carbocycles. The molecular weight excluding hydrogens is 242 g/mol. The minimum absolute atomic E-state index is 0.559. The summed E-state index contributed by atoms with van der Waals surface area (Å²) in [5, 5.41) is 15.7. The number of nitrogens with zero attached hydrogens (tertiary/aromatic N) is 7. The van der Waals surface area contributed by atoms with Crippen LogP contribution in [-0.4, -0.2) is 54.5 Å². The minimum atomic E-state index is 0.559. The normalized spacial score (nSPS) is 20.8. The molecule has 1 saturated heterocycles. The third-order valence-corrected chi connectivity index (χ3v) is 3.69. The molecule has 1 aliphatic rings. The van der Waals surface area contributed by atoms with Gasteiger partial charge < -0.3 is 4.90 Å². The highest BCUT2D eigenvalue weighted by Gasteiger charge is 2.22. The van der Waals surface area contributed by atoms with Gasteiger partial charge in [0.05, 0.1) is 12.2 Å². The van der Waals surface area contributed by atoms with Crippen molar-refractivity contribution in [3.05, 3.63) is 24.3 Å². The van der Waals surface area contributed by atoms with Crippen molar-refractivity contribution in [3.8, 4) is 0 Å². The molecule has 0 aromatic carbocycles. The highest BCUT2D eigenvalue weighted by Crippen LogP contribution is 2.25. The van der Waals surface area contributed by atoms with Crippen molar-refractivity contribution in [1.29, 1.82) is 0 Å². The summed E-state index contributed by atoms with van der Waals surface area (Å²) in [6.07, 6.45) is 6.16. The van der Waals surface area contributed by atoms with Gasteiger partial charge in [-0.15, -0.1) is 5.10 Å². The monoisotopic (exact) mass is 261 g/mol. The van der Waals surface area contributed by atoms with Crippen LogP contribution < -0.4 is 0 Å². The van der Waals surface area contributed by atoms with E-state index >= 15 is 0 Å². The Bertz CT molecular complexity index is 504. The Morgan fingerprint density at radius 3 is 3.05 bits per heavy atom. The zero-order chi connectivity index (χ0) is 13.1. The van der Waals surface area contributed by atoms with E-state index in [4.69, 9.17) is 0 Å². The fraction of sp³-hybridized carbons (Fsp3) is 0.667. The molecule has 102 valence electrons. The van der Waals surface area contributed by atoms with Gasteiger partial charge in [0, 0.05) is 32.3 Å².